The number of sulfonamides is 1. The summed E-state index contributed by atoms with van der Waals surface area (Å²) < 4.78 is 27.4. The summed E-state index contributed by atoms with van der Waals surface area (Å²) in [6, 6.07) is 6.42. The molecule has 0 radical (unpaired) electrons. The summed E-state index contributed by atoms with van der Waals surface area (Å²) in [6.07, 6.45) is 4.87. The number of hydrogen-bond donors (Lipinski definition) is 3. The van der Waals surface area contributed by atoms with E-state index in [4.69, 9.17) is 5.73 Å². The number of para-hydroxylation sites is 1. The lowest BCUT2D eigenvalue weighted by atomic mass is 9.98. The molecule has 7 nitrogen and oxygen atoms in total. The molecule has 0 saturated heterocycles. The monoisotopic (exact) mass is 365 g/mol. The maximum atomic E-state index is 12.7. The largest absolute Gasteiger partial charge is 0.384 e. The Bertz CT molecular complexity index is 793. The molecule has 2 amide bonds. The zero-order valence-corrected chi connectivity index (χ0v) is 14.8. The number of primary amides is 1. The Morgan fingerprint density at radius 2 is 1.88 bits per heavy atom. The van der Waals surface area contributed by atoms with E-state index in [0.717, 1.165) is 25.7 Å². The van der Waals surface area contributed by atoms with Crippen LogP contribution in [-0.4, -0.2) is 26.8 Å². The van der Waals surface area contributed by atoms with Crippen LogP contribution < -0.4 is 15.8 Å². The van der Waals surface area contributed by atoms with Gasteiger partial charge in [-0.3, -0.25) is 9.59 Å². The number of fused-ring (bicyclic) bond motifs is 2. The smallest absolute Gasteiger partial charge is 0.266 e. The summed E-state index contributed by atoms with van der Waals surface area (Å²) in [5.41, 5.74) is 4.50. The van der Waals surface area contributed by atoms with E-state index in [1.807, 2.05) is 0 Å². The van der Waals surface area contributed by atoms with Crippen molar-refractivity contribution in [3.63, 3.8) is 0 Å². The van der Waals surface area contributed by atoms with E-state index in [1.165, 1.54) is 6.07 Å². The van der Waals surface area contributed by atoms with Gasteiger partial charge in [-0.1, -0.05) is 31.4 Å². The predicted molar refractivity (Wildman–Crippen MR) is 93.1 cm³/mol. The van der Waals surface area contributed by atoms with Crippen molar-refractivity contribution >= 4 is 27.5 Å². The molecule has 8 heteroatoms. The fourth-order valence-corrected chi connectivity index (χ4v) is 4.80. The summed E-state index contributed by atoms with van der Waals surface area (Å²) in [5.74, 6) is -1.72. The van der Waals surface area contributed by atoms with E-state index in [0.29, 0.717) is 25.1 Å². The van der Waals surface area contributed by atoms with Crippen molar-refractivity contribution in [2.45, 2.75) is 43.4 Å². The molecule has 2 atom stereocenters. The third-order valence-corrected chi connectivity index (χ3v) is 6.54. The van der Waals surface area contributed by atoms with Gasteiger partial charge in [-0.2, -0.15) is 0 Å². The molecule has 0 spiro atoms. The highest BCUT2D eigenvalue weighted by atomic mass is 32.2. The Morgan fingerprint density at radius 3 is 2.64 bits per heavy atom. The number of amides is 2. The number of carbonyl (C=O) groups is 2. The summed E-state index contributed by atoms with van der Waals surface area (Å²) in [4.78, 5) is 24.5. The van der Waals surface area contributed by atoms with Gasteiger partial charge < -0.3 is 11.1 Å². The third-order valence-electron chi connectivity index (χ3n) is 5.15. The average molecular weight is 365 g/mol. The van der Waals surface area contributed by atoms with Gasteiger partial charge in [-0.05, 0) is 37.3 Å². The molecule has 136 valence electrons. The Kier molecular flexibility index (Phi) is 4.73. The maximum absolute atomic E-state index is 12.7. The topological polar surface area (TPSA) is 118 Å². The minimum Gasteiger partial charge on any atom is -0.384 e. The Labute approximate surface area is 147 Å². The van der Waals surface area contributed by atoms with Crippen LogP contribution >= 0.6 is 0 Å². The van der Waals surface area contributed by atoms with Crippen molar-refractivity contribution in [3.05, 3.63) is 24.3 Å². The molecule has 1 heterocycles. The lowest BCUT2D eigenvalue weighted by molar-refractivity contribution is -0.135. The second-order valence-electron chi connectivity index (χ2n) is 6.80. The van der Waals surface area contributed by atoms with Crippen LogP contribution in [0, 0.1) is 11.3 Å². The van der Waals surface area contributed by atoms with Crippen molar-refractivity contribution < 1.29 is 18.0 Å². The summed E-state index contributed by atoms with van der Waals surface area (Å²) >= 11 is 0. The molecule has 25 heavy (non-hydrogen) atoms. The minimum atomic E-state index is -4.09. The van der Waals surface area contributed by atoms with E-state index < -0.39 is 27.3 Å². The zero-order chi connectivity index (χ0) is 18.1. The first-order valence-corrected chi connectivity index (χ1v) is 10.1. The van der Waals surface area contributed by atoms with Gasteiger partial charge in [0.1, 0.15) is 10.3 Å². The molecule has 2 aliphatic rings. The highest BCUT2D eigenvalue weighted by molar-refractivity contribution is 7.90. The summed E-state index contributed by atoms with van der Waals surface area (Å²) in [7, 11) is -4.09. The number of anilines is 1. The molecule has 1 aromatic carbocycles. The number of hydrogen-bond acceptors (Lipinski definition) is 5. The van der Waals surface area contributed by atoms with Gasteiger partial charge >= 0.3 is 0 Å². The molecular weight excluding hydrogens is 342 g/mol. The second kappa shape index (κ2) is 6.67. The summed E-state index contributed by atoms with van der Waals surface area (Å²) in [5, 5.41) is 3.12. The number of benzene rings is 1. The van der Waals surface area contributed by atoms with Crippen LogP contribution in [0.25, 0.3) is 0 Å². The molecule has 1 aliphatic carbocycles. The molecule has 1 aliphatic heterocycles. The van der Waals surface area contributed by atoms with Gasteiger partial charge in [0.2, 0.25) is 11.8 Å². The Hall–Kier alpha value is -2.09. The van der Waals surface area contributed by atoms with Gasteiger partial charge in [0.15, 0.2) is 0 Å². The van der Waals surface area contributed by atoms with E-state index in [9.17, 15) is 18.0 Å². The average Bonchev–Trinajstić information content (AvgIpc) is 3.29. The first-order valence-electron chi connectivity index (χ1n) is 8.58. The van der Waals surface area contributed by atoms with E-state index in [-0.39, 0.29) is 10.8 Å². The van der Waals surface area contributed by atoms with Gasteiger partial charge in [0, 0.05) is 6.54 Å². The highest BCUT2D eigenvalue weighted by Gasteiger charge is 2.64. The number of nitrogens with one attached hydrogen (secondary N) is 2. The van der Waals surface area contributed by atoms with Crippen LogP contribution in [0.2, 0.25) is 0 Å². The Morgan fingerprint density at radius 1 is 1.16 bits per heavy atom. The molecule has 4 N–H and O–H groups in total. The predicted octanol–water partition coefficient (Wildman–Crippen LogP) is 1.36. The molecular formula is C17H23N3O4S. The lowest BCUT2D eigenvalue weighted by Gasteiger charge is -2.17. The van der Waals surface area contributed by atoms with Gasteiger partial charge in [0.25, 0.3) is 10.0 Å². The number of rotatable bonds is 1. The van der Waals surface area contributed by atoms with Crippen molar-refractivity contribution in [1.29, 1.82) is 0 Å². The van der Waals surface area contributed by atoms with Crippen LogP contribution in [0.3, 0.4) is 0 Å². The van der Waals surface area contributed by atoms with Crippen LogP contribution in [0.15, 0.2) is 29.2 Å². The quantitative estimate of drug-likeness (QED) is 0.649. The Balaban J connectivity index is 1.94. The summed E-state index contributed by atoms with van der Waals surface area (Å²) in [6.45, 7) is 0.662. The van der Waals surface area contributed by atoms with Crippen molar-refractivity contribution in [3.8, 4) is 0 Å². The van der Waals surface area contributed by atoms with E-state index in [1.54, 1.807) is 18.2 Å². The van der Waals surface area contributed by atoms with Crippen LogP contribution in [-0.2, 0) is 19.6 Å². The molecule has 1 aromatic rings. The first-order chi connectivity index (χ1) is 11.9. The van der Waals surface area contributed by atoms with E-state index in [2.05, 4.69) is 10.0 Å². The van der Waals surface area contributed by atoms with E-state index >= 15 is 0 Å². The SMILES string of the molecule is NC(=O)[C@@]12C[C@H]1CCCCCCNc1ccccc1S(=O)(=O)NC2=O. The molecule has 0 unspecified atom stereocenters. The fraction of sp³-hybridized carbons (Fsp3) is 0.529. The minimum absolute atomic E-state index is 0.00256. The lowest BCUT2D eigenvalue weighted by Crippen LogP contribution is -2.44. The van der Waals surface area contributed by atoms with Crippen LogP contribution in [0.4, 0.5) is 5.69 Å². The van der Waals surface area contributed by atoms with Crippen LogP contribution in [0.1, 0.15) is 38.5 Å². The zero-order valence-electron chi connectivity index (χ0n) is 14.0. The molecule has 0 aromatic heterocycles. The second-order valence-corrected chi connectivity index (χ2v) is 8.45. The number of nitrogens with two attached hydrogens (primary N) is 1. The fourth-order valence-electron chi connectivity index (χ4n) is 3.58. The third kappa shape index (κ3) is 3.35. The molecule has 1 saturated carbocycles. The normalized spacial score (nSPS) is 29.1. The maximum Gasteiger partial charge on any atom is 0.266 e. The highest BCUT2D eigenvalue weighted by Crippen LogP contribution is 2.55. The van der Waals surface area contributed by atoms with Gasteiger partial charge in [-0.15, -0.1) is 0 Å². The van der Waals surface area contributed by atoms with Crippen LogP contribution in [0.5, 0.6) is 0 Å². The van der Waals surface area contributed by atoms with Gasteiger partial charge in [-0.25, -0.2) is 13.1 Å². The van der Waals surface area contributed by atoms with Crippen molar-refractivity contribution in [1.82, 2.24) is 4.72 Å². The molecule has 3 rings (SSSR count). The molecule has 0 bridgehead atoms. The first kappa shape index (κ1) is 17.7. The van der Waals surface area contributed by atoms with Crippen molar-refractivity contribution in [2.24, 2.45) is 17.1 Å². The standard InChI is InChI=1S/C17H23N3O4S/c18-15(21)17-11-12(17)7-3-1-2-6-10-19-13-8-4-5-9-14(13)25(23,24)20-16(17)22/h4-5,8-9,12,19H,1-3,6-7,10-11H2,(H2,18,21)(H,20,22)/t12-,17-/m1/s1. The molecule has 1 fully saturated rings. The van der Waals surface area contributed by atoms with Gasteiger partial charge in [0.05, 0.1) is 5.69 Å². The number of carbonyl (C=O) groups excluding carboxylic acids is 2. The van der Waals surface area contributed by atoms with Crippen molar-refractivity contribution in [2.75, 3.05) is 11.9 Å².